The summed E-state index contributed by atoms with van der Waals surface area (Å²) < 4.78 is 5.51. The summed E-state index contributed by atoms with van der Waals surface area (Å²) >= 11 is 0. The molecule has 1 saturated heterocycles. The highest BCUT2D eigenvalue weighted by molar-refractivity contribution is 5.75. The van der Waals surface area contributed by atoms with E-state index in [2.05, 4.69) is 44.0 Å². The molecule has 4 heteroatoms. The Labute approximate surface area is 211 Å². The van der Waals surface area contributed by atoms with Crippen LogP contribution in [0.15, 0.2) is 42.5 Å². The van der Waals surface area contributed by atoms with Gasteiger partial charge in [-0.1, -0.05) is 57.0 Å². The second-order valence-corrected chi connectivity index (χ2v) is 11.4. The molecule has 0 spiro atoms. The van der Waals surface area contributed by atoms with Gasteiger partial charge in [-0.05, 0) is 98.8 Å². The number of carbonyl (C=O) groups is 1. The minimum absolute atomic E-state index is 0.418. The lowest BCUT2D eigenvalue weighted by atomic mass is 9.52. The summed E-state index contributed by atoms with van der Waals surface area (Å²) in [6, 6.07) is 15.5. The van der Waals surface area contributed by atoms with E-state index in [9.17, 15) is 4.79 Å². The van der Waals surface area contributed by atoms with Crippen molar-refractivity contribution in [2.24, 2.45) is 11.8 Å². The Hall–Kier alpha value is -2.33. The molecule has 190 valence electrons. The molecule has 2 fully saturated rings. The van der Waals surface area contributed by atoms with Crippen molar-refractivity contribution in [1.29, 1.82) is 0 Å². The molecule has 1 N–H and O–H groups in total. The number of methoxy groups -OCH3 is 1. The second-order valence-electron chi connectivity index (χ2n) is 11.4. The van der Waals surface area contributed by atoms with Crippen LogP contribution in [0.25, 0.3) is 0 Å². The van der Waals surface area contributed by atoms with Crippen LogP contribution in [0, 0.1) is 11.8 Å². The van der Waals surface area contributed by atoms with E-state index in [1.165, 1.54) is 50.6 Å². The van der Waals surface area contributed by atoms with Gasteiger partial charge in [-0.15, -0.1) is 0 Å². The number of rotatable bonds is 5. The fourth-order valence-corrected chi connectivity index (χ4v) is 6.86. The predicted octanol–water partition coefficient (Wildman–Crippen LogP) is 6.46. The number of nitrogens with zero attached hydrogens (tertiary/aromatic N) is 1. The minimum atomic E-state index is -0.772. The number of hydrogen-bond donors (Lipinski definition) is 1. The number of ether oxygens (including phenoxy) is 1. The van der Waals surface area contributed by atoms with Crippen molar-refractivity contribution >= 4 is 5.97 Å². The summed E-state index contributed by atoms with van der Waals surface area (Å²) in [6.45, 7) is 7.32. The molecule has 0 aromatic heterocycles. The van der Waals surface area contributed by atoms with Crippen molar-refractivity contribution < 1.29 is 14.6 Å². The summed E-state index contributed by atoms with van der Waals surface area (Å²) in [6.07, 6.45) is 9.27. The zero-order chi connectivity index (χ0) is 25.2. The lowest BCUT2D eigenvalue weighted by Gasteiger charge is -2.58. The van der Waals surface area contributed by atoms with Crippen LogP contribution in [0.5, 0.6) is 5.75 Å². The van der Waals surface area contributed by atoms with Gasteiger partial charge < -0.3 is 14.7 Å². The van der Waals surface area contributed by atoms with E-state index in [4.69, 9.17) is 9.84 Å². The number of carboxylic acids is 1. The molecule has 4 nitrogen and oxygen atoms in total. The van der Waals surface area contributed by atoms with Crippen molar-refractivity contribution in [2.75, 3.05) is 20.7 Å². The number of piperidine rings is 1. The number of benzene rings is 2. The number of fused-ring (bicyclic) bond motifs is 1. The first-order chi connectivity index (χ1) is 16.7. The average molecular weight is 478 g/mol. The number of carboxylic acid groups (broad SMARTS) is 1. The van der Waals surface area contributed by atoms with E-state index >= 15 is 0 Å². The van der Waals surface area contributed by atoms with Gasteiger partial charge in [0.15, 0.2) is 0 Å². The average Bonchev–Trinajstić information content (AvgIpc) is 2.86. The zero-order valence-corrected chi connectivity index (χ0v) is 22.2. The first-order valence-electron chi connectivity index (χ1n) is 13.4. The first-order valence-corrected chi connectivity index (χ1v) is 13.4. The number of aliphatic carboxylic acids is 1. The molecule has 1 saturated carbocycles. The predicted molar refractivity (Wildman–Crippen MR) is 142 cm³/mol. The van der Waals surface area contributed by atoms with E-state index in [1.807, 2.05) is 24.3 Å². The van der Waals surface area contributed by atoms with Crippen molar-refractivity contribution in [3.8, 4) is 5.75 Å². The molecular formula is C31H43NO3. The molecular weight excluding hydrogens is 434 g/mol. The van der Waals surface area contributed by atoms with Crippen molar-refractivity contribution in [3.63, 3.8) is 0 Å². The van der Waals surface area contributed by atoms with Crippen LogP contribution in [0.1, 0.15) is 81.0 Å². The Morgan fingerprint density at radius 2 is 1.86 bits per heavy atom. The first kappa shape index (κ1) is 25.8. The smallest absolute Gasteiger partial charge is 0.310 e. The van der Waals surface area contributed by atoms with Crippen molar-refractivity contribution in [2.45, 2.75) is 83.1 Å². The summed E-state index contributed by atoms with van der Waals surface area (Å²) in [4.78, 5) is 13.4. The second kappa shape index (κ2) is 10.7. The molecule has 2 aliphatic carbocycles. The van der Waals surface area contributed by atoms with Crippen molar-refractivity contribution in [1.82, 2.24) is 4.90 Å². The normalized spacial score (nSPS) is 26.1. The highest BCUT2D eigenvalue weighted by Gasteiger charge is 2.53. The van der Waals surface area contributed by atoms with Crippen LogP contribution < -0.4 is 4.74 Å². The lowest BCUT2D eigenvalue weighted by molar-refractivity contribution is -0.138. The number of likely N-dealkylation sites (tertiary alicyclic amines) is 1. The zero-order valence-electron chi connectivity index (χ0n) is 22.2. The van der Waals surface area contributed by atoms with Gasteiger partial charge in [-0.25, -0.2) is 0 Å². The minimum Gasteiger partial charge on any atom is -0.497 e. The maximum Gasteiger partial charge on any atom is 0.310 e. The molecule has 5 rings (SSSR count). The molecule has 0 amide bonds. The molecule has 2 bridgehead atoms. The molecule has 1 aliphatic heterocycles. The maximum absolute atomic E-state index is 10.8. The topological polar surface area (TPSA) is 49.8 Å². The highest BCUT2D eigenvalue weighted by atomic mass is 16.5. The Balaban J connectivity index is 0.000000174. The van der Waals surface area contributed by atoms with Gasteiger partial charge in [-0.3, -0.25) is 4.79 Å². The maximum atomic E-state index is 10.8. The Bertz CT molecular complexity index is 1010. The monoisotopic (exact) mass is 477 g/mol. The third-order valence-corrected chi connectivity index (χ3v) is 8.82. The van der Waals surface area contributed by atoms with Gasteiger partial charge in [0.2, 0.25) is 0 Å². The van der Waals surface area contributed by atoms with Gasteiger partial charge in [0, 0.05) is 11.5 Å². The molecule has 4 atom stereocenters. The van der Waals surface area contributed by atoms with E-state index in [1.54, 1.807) is 25.2 Å². The van der Waals surface area contributed by atoms with Crippen LogP contribution in [0.4, 0.5) is 0 Å². The van der Waals surface area contributed by atoms with Crippen LogP contribution in [0.3, 0.4) is 0 Å². The van der Waals surface area contributed by atoms with Gasteiger partial charge in [0.25, 0.3) is 0 Å². The number of likely N-dealkylation sites (N-methyl/N-ethyl adjacent to an activating group) is 1. The van der Waals surface area contributed by atoms with Crippen LogP contribution in [0.2, 0.25) is 0 Å². The third kappa shape index (κ3) is 5.28. The highest BCUT2D eigenvalue weighted by Crippen LogP contribution is 2.55. The SMILES string of the molecule is CC(C)Cc1ccc(C(C)C(=O)O)cc1.COc1ccc2c(c1)[C@]13CCCC[C@@H]1[C@H](C2)N(C)CC3. The Morgan fingerprint density at radius 3 is 2.51 bits per heavy atom. The lowest BCUT2D eigenvalue weighted by Crippen LogP contribution is -2.59. The van der Waals surface area contributed by atoms with E-state index < -0.39 is 11.9 Å². The van der Waals surface area contributed by atoms with E-state index in [0.717, 1.165) is 29.7 Å². The number of hydrogen-bond acceptors (Lipinski definition) is 3. The van der Waals surface area contributed by atoms with Gasteiger partial charge in [-0.2, -0.15) is 0 Å². The van der Waals surface area contributed by atoms with Crippen LogP contribution >= 0.6 is 0 Å². The Morgan fingerprint density at radius 1 is 1.11 bits per heavy atom. The standard InChI is InChI=1S/C18H25NO.C13H18O2/c1-19-10-9-18-8-4-3-5-15(18)17(19)11-13-6-7-14(20-2)12-16(13)18;1-9(2)8-11-4-6-12(7-5-11)10(3)13(14)15/h6-7,12,15,17H,3-5,8-11H2,1-2H3;4-7,9-10H,8H2,1-3H3,(H,14,15)/t15-,17+,18+;/m1./s1. The molecule has 2 aromatic rings. The summed E-state index contributed by atoms with van der Waals surface area (Å²) in [5.41, 5.74) is 5.81. The largest absolute Gasteiger partial charge is 0.497 e. The van der Waals surface area contributed by atoms with E-state index in [-0.39, 0.29) is 0 Å². The molecule has 2 aromatic carbocycles. The van der Waals surface area contributed by atoms with E-state index in [0.29, 0.717) is 11.3 Å². The summed E-state index contributed by atoms with van der Waals surface area (Å²) in [7, 11) is 4.12. The quantitative estimate of drug-likeness (QED) is 0.537. The molecule has 1 unspecified atom stereocenters. The Kier molecular flexibility index (Phi) is 7.90. The van der Waals surface area contributed by atoms with Gasteiger partial charge in [0.05, 0.1) is 13.0 Å². The summed E-state index contributed by atoms with van der Waals surface area (Å²) in [5, 5.41) is 8.85. The molecule has 3 aliphatic rings. The fraction of sp³-hybridized carbons (Fsp3) is 0.581. The molecule has 0 radical (unpaired) electrons. The molecule has 1 heterocycles. The summed E-state index contributed by atoms with van der Waals surface area (Å²) in [5.74, 6) is 1.35. The third-order valence-electron chi connectivity index (χ3n) is 8.82. The van der Waals surface area contributed by atoms with Crippen molar-refractivity contribution in [3.05, 3.63) is 64.7 Å². The fourth-order valence-electron chi connectivity index (χ4n) is 6.86. The van der Waals surface area contributed by atoms with Crippen LogP contribution in [-0.2, 0) is 23.1 Å². The molecule has 35 heavy (non-hydrogen) atoms. The van der Waals surface area contributed by atoms with Gasteiger partial charge in [0.1, 0.15) is 5.75 Å². The van der Waals surface area contributed by atoms with Gasteiger partial charge >= 0.3 is 5.97 Å². The van der Waals surface area contributed by atoms with Crippen LogP contribution in [-0.4, -0.2) is 42.7 Å².